The molecule has 0 bridgehead atoms. The molecule has 1 aliphatic heterocycles. The van der Waals surface area contributed by atoms with Gasteiger partial charge in [-0.3, -0.25) is 9.52 Å². The van der Waals surface area contributed by atoms with Crippen molar-refractivity contribution in [3.63, 3.8) is 0 Å². The minimum Gasteiger partial charge on any atom is -0.366 e. The number of carbonyl (C=O) groups is 1. The van der Waals surface area contributed by atoms with Crippen LogP contribution >= 0.6 is 11.6 Å². The number of primary amides is 1. The first-order valence-corrected chi connectivity index (χ1v) is 7.80. The molecule has 0 aromatic heterocycles. The van der Waals surface area contributed by atoms with E-state index in [0.29, 0.717) is 26.2 Å². The summed E-state index contributed by atoms with van der Waals surface area (Å²) < 4.78 is 28.1. The third-order valence-corrected chi connectivity index (χ3v) is 4.76. The summed E-state index contributed by atoms with van der Waals surface area (Å²) in [6.07, 6.45) is 0. The lowest BCUT2D eigenvalue weighted by atomic mass is 10.2. The number of amides is 1. The van der Waals surface area contributed by atoms with Gasteiger partial charge in [0, 0.05) is 31.7 Å². The van der Waals surface area contributed by atoms with Crippen molar-refractivity contribution in [1.29, 1.82) is 0 Å². The quantitative estimate of drug-likeness (QED) is 0.726. The number of nitrogens with two attached hydrogens (primary N) is 1. The van der Waals surface area contributed by atoms with E-state index in [1.54, 1.807) is 0 Å². The van der Waals surface area contributed by atoms with Gasteiger partial charge in [-0.05, 0) is 18.2 Å². The lowest BCUT2D eigenvalue weighted by Crippen LogP contribution is -2.48. The molecular formula is C11H15ClN4O3S. The summed E-state index contributed by atoms with van der Waals surface area (Å²) in [4.78, 5) is 11.1. The summed E-state index contributed by atoms with van der Waals surface area (Å²) in [5, 5.41) is 3.27. The average Bonchev–Trinajstić information content (AvgIpc) is 2.42. The van der Waals surface area contributed by atoms with Gasteiger partial charge in [0.25, 0.3) is 0 Å². The predicted octanol–water partition coefficient (Wildman–Crippen LogP) is 0.000800. The Bertz CT molecular complexity index is 614. The van der Waals surface area contributed by atoms with Gasteiger partial charge in [0.2, 0.25) is 5.91 Å². The number of anilines is 1. The van der Waals surface area contributed by atoms with Gasteiger partial charge in [-0.25, -0.2) is 0 Å². The summed E-state index contributed by atoms with van der Waals surface area (Å²) in [6.45, 7) is 1.94. The highest BCUT2D eigenvalue weighted by Crippen LogP contribution is 2.24. The van der Waals surface area contributed by atoms with Crippen molar-refractivity contribution in [2.75, 3.05) is 30.9 Å². The number of carbonyl (C=O) groups excluding carboxylic acids is 1. The minimum atomic E-state index is -3.69. The average molecular weight is 319 g/mol. The molecule has 2 rings (SSSR count). The zero-order chi connectivity index (χ0) is 14.8. The summed E-state index contributed by atoms with van der Waals surface area (Å²) >= 11 is 5.94. The number of halogens is 1. The van der Waals surface area contributed by atoms with Gasteiger partial charge in [0.05, 0.1) is 10.7 Å². The molecule has 1 heterocycles. The Morgan fingerprint density at radius 1 is 1.35 bits per heavy atom. The highest BCUT2D eigenvalue weighted by Gasteiger charge is 2.24. The summed E-state index contributed by atoms with van der Waals surface area (Å²) in [5.41, 5.74) is 5.49. The second kappa shape index (κ2) is 5.96. The van der Waals surface area contributed by atoms with Crippen LogP contribution in [0.15, 0.2) is 18.2 Å². The minimum absolute atomic E-state index is 0.140. The second-order valence-electron chi connectivity index (χ2n) is 4.32. The molecule has 4 N–H and O–H groups in total. The fourth-order valence-corrected chi connectivity index (χ4v) is 3.30. The Hall–Kier alpha value is -1.35. The lowest BCUT2D eigenvalue weighted by molar-refractivity contribution is 0.100. The van der Waals surface area contributed by atoms with Gasteiger partial charge in [-0.15, -0.1) is 0 Å². The summed E-state index contributed by atoms with van der Waals surface area (Å²) in [7, 11) is -3.69. The lowest BCUT2D eigenvalue weighted by Gasteiger charge is -2.27. The van der Waals surface area contributed by atoms with E-state index in [1.165, 1.54) is 22.5 Å². The number of hydrogen-bond donors (Lipinski definition) is 3. The topological polar surface area (TPSA) is 105 Å². The number of nitrogens with zero attached hydrogens (tertiary/aromatic N) is 1. The molecule has 0 saturated carbocycles. The molecule has 0 spiro atoms. The van der Waals surface area contributed by atoms with Gasteiger partial charge in [0.15, 0.2) is 0 Å². The smallest absolute Gasteiger partial charge is 0.301 e. The Kier molecular flexibility index (Phi) is 4.48. The number of hydrogen-bond acceptors (Lipinski definition) is 4. The van der Waals surface area contributed by atoms with Crippen molar-refractivity contribution in [3.05, 3.63) is 28.8 Å². The van der Waals surface area contributed by atoms with E-state index in [1.807, 2.05) is 0 Å². The fourth-order valence-electron chi connectivity index (χ4n) is 1.84. The van der Waals surface area contributed by atoms with Crippen LogP contribution in [0.5, 0.6) is 0 Å². The molecule has 0 radical (unpaired) electrons. The van der Waals surface area contributed by atoms with Crippen LogP contribution in [0.3, 0.4) is 0 Å². The van der Waals surface area contributed by atoms with E-state index < -0.39 is 16.1 Å². The molecule has 7 nitrogen and oxygen atoms in total. The standard InChI is InChI=1S/C11H15ClN4O3S/c12-9-2-1-8(11(13)17)7-10(9)15-20(18,19)16-5-3-14-4-6-16/h1-2,7,14-15H,3-6H2,(H2,13,17). The molecule has 1 aromatic carbocycles. The maximum absolute atomic E-state index is 12.2. The van der Waals surface area contributed by atoms with E-state index in [-0.39, 0.29) is 16.3 Å². The van der Waals surface area contributed by atoms with Gasteiger partial charge in [-0.1, -0.05) is 11.6 Å². The van der Waals surface area contributed by atoms with E-state index in [9.17, 15) is 13.2 Å². The van der Waals surface area contributed by atoms with Crippen molar-refractivity contribution in [3.8, 4) is 0 Å². The van der Waals surface area contributed by atoms with Crippen molar-refractivity contribution in [2.45, 2.75) is 0 Å². The van der Waals surface area contributed by atoms with Crippen LogP contribution in [-0.4, -0.2) is 44.8 Å². The van der Waals surface area contributed by atoms with Crippen LogP contribution < -0.4 is 15.8 Å². The monoisotopic (exact) mass is 318 g/mol. The van der Waals surface area contributed by atoms with Crippen LogP contribution in [0, 0.1) is 0 Å². The van der Waals surface area contributed by atoms with Gasteiger partial charge < -0.3 is 11.1 Å². The molecule has 20 heavy (non-hydrogen) atoms. The van der Waals surface area contributed by atoms with Gasteiger partial charge in [0.1, 0.15) is 0 Å². The van der Waals surface area contributed by atoms with Crippen LogP contribution in [0.25, 0.3) is 0 Å². The van der Waals surface area contributed by atoms with Gasteiger partial charge in [-0.2, -0.15) is 12.7 Å². The van der Waals surface area contributed by atoms with Crippen molar-refractivity contribution >= 4 is 33.4 Å². The second-order valence-corrected chi connectivity index (χ2v) is 6.39. The Morgan fingerprint density at radius 2 is 2.00 bits per heavy atom. The highest BCUT2D eigenvalue weighted by atomic mass is 35.5. The predicted molar refractivity (Wildman–Crippen MR) is 77.0 cm³/mol. The van der Waals surface area contributed by atoms with Gasteiger partial charge >= 0.3 is 10.2 Å². The van der Waals surface area contributed by atoms with Crippen LogP contribution in [0.1, 0.15) is 10.4 Å². The first kappa shape index (κ1) is 15.0. The van der Waals surface area contributed by atoms with Crippen LogP contribution in [0.4, 0.5) is 5.69 Å². The largest absolute Gasteiger partial charge is 0.366 e. The first-order chi connectivity index (χ1) is 9.40. The molecule has 1 saturated heterocycles. The zero-order valence-corrected chi connectivity index (χ0v) is 12.2. The third-order valence-electron chi connectivity index (χ3n) is 2.91. The van der Waals surface area contributed by atoms with Crippen LogP contribution in [0.2, 0.25) is 5.02 Å². The highest BCUT2D eigenvalue weighted by molar-refractivity contribution is 7.90. The SMILES string of the molecule is NC(=O)c1ccc(Cl)c(NS(=O)(=O)N2CCNCC2)c1. The van der Waals surface area contributed by atoms with E-state index >= 15 is 0 Å². The Morgan fingerprint density at radius 3 is 2.60 bits per heavy atom. The number of nitrogens with one attached hydrogen (secondary N) is 2. The first-order valence-electron chi connectivity index (χ1n) is 5.98. The fraction of sp³-hybridized carbons (Fsp3) is 0.364. The zero-order valence-electron chi connectivity index (χ0n) is 10.6. The molecule has 1 amide bonds. The van der Waals surface area contributed by atoms with E-state index in [2.05, 4.69) is 10.0 Å². The Labute approximate surface area is 122 Å². The molecule has 0 aliphatic carbocycles. The normalized spacial score (nSPS) is 16.9. The molecule has 1 aromatic rings. The molecule has 0 unspecified atom stereocenters. The van der Waals surface area contributed by atoms with Crippen molar-refractivity contribution < 1.29 is 13.2 Å². The molecule has 1 aliphatic rings. The number of piperazine rings is 1. The van der Waals surface area contributed by atoms with Crippen molar-refractivity contribution in [1.82, 2.24) is 9.62 Å². The molecule has 9 heteroatoms. The number of rotatable bonds is 4. The molecule has 110 valence electrons. The maximum Gasteiger partial charge on any atom is 0.301 e. The Balaban J connectivity index is 2.24. The van der Waals surface area contributed by atoms with Crippen molar-refractivity contribution in [2.24, 2.45) is 5.73 Å². The van der Waals surface area contributed by atoms with E-state index in [0.717, 1.165) is 0 Å². The number of benzene rings is 1. The third kappa shape index (κ3) is 3.40. The maximum atomic E-state index is 12.2. The molecule has 0 atom stereocenters. The summed E-state index contributed by atoms with van der Waals surface area (Å²) in [6, 6.07) is 4.19. The molecular weight excluding hydrogens is 304 g/mol. The summed E-state index contributed by atoms with van der Waals surface area (Å²) in [5.74, 6) is -0.649. The van der Waals surface area contributed by atoms with E-state index in [4.69, 9.17) is 17.3 Å². The molecule has 1 fully saturated rings. The van der Waals surface area contributed by atoms with Crippen LogP contribution in [-0.2, 0) is 10.2 Å².